The minimum Gasteiger partial charge on any atom is -0.376 e. The van der Waals surface area contributed by atoms with Gasteiger partial charge in [-0.2, -0.15) is 0 Å². The number of hydrogen-bond acceptors (Lipinski definition) is 2. The fourth-order valence-electron chi connectivity index (χ4n) is 2.02. The molecule has 1 aliphatic heterocycles. The maximum Gasteiger partial charge on any atom is 0.319 e. The number of anilines is 1. The van der Waals surface area contributed by atoms with E-state index in [4.69, 9.17) is 4.74 Å². The quantitative estimate of drug-likeness (QED) is 0.868. The van der Waals surface area contributed by atoms with E-state index >= 15 is 0 Å². The Morgan fingerprint density at radius 1 is 1.50 bits per heavy atom. The van der Waals surface area contributed by atoms with Crippen LogP contribution in [0.4, 0.5) is 14.9 Å². The summed E-state index contributed by atoms with van der Waals surface area (Å²) < 4.78 is 18.8. The number of benzene rings is 1. The molecule has 0 spiro atoms. The van der Waals surface area contributed by atoms with Crippen LogP contribution in [-0.2, 0) is 4.74 Å². The zero-order valence-electron chi connectivity index (χ0n) is 10.3. The average molecular weight is 252 g/mol. The zero-order chi connectivity index (χ0) is 13.0. The maximum absolute atomic E-state index is 13.3. The lowest BCUT2D eigenvalue weighted by molar-refractivity contribution is 0.0868. The standard InChI is InChI=1S/C13H17FN2O2/c1-9(12-7-4-8-18-12)15-13(17)16-11-6-3-2-5-10(11)14/h2-3,5-6,9,12H,4,7-8H2,1H3,(H2,15,16,17)/t9-,12+/m0/s1. The Bertz CT molecular complexity index is 419. The van der Waals surface area contributed by atoms with E-state index in [9.17, 15) is 9.18 Å². The van der Waals surface area contributed by atoms with Gasteiger partial charge in [-0.15, -0.1) is 0 Å². The highest BCUT2D eigenvalue weighted by molar-refractivity contribution is 5.89. The Labute approximate surface area is 106 Å². The van der Waals surface area contributed by atoms with Gasteiger partial charge in [0, 0.05) is 6.61 Å². The Kier molecular flexibility index (Phi) is 4.15. The van der Waals surface area contributed by atoms with Gasteiger partial charge in [-0.25, -0.2) is 9.18 Å². The number of nitrogens with one attached hydrogen (secondary N) is 2. The largest absolute Gasteiger partial charge is 0.376 e. The van der Waals surface area contributed by atoms with E-state index in [1.807, 2.05) is 6.92 Å². The van der Waals surface area contributed by atoms with Crippen LogP contribution in [0.3, 0.4) is 0 Å². The van der Waals surface area contributed by atoms with E-state index in [1.165, 1.54) is 12.1 Å². The average Bonchev–Trinajstić information content (AvgIpc) is 2.85. The lowest BCUT2D eigenvalue weighted by Gasteiger charge is -2.20. The van der Waals surface area contributed by atoms with Crippen LogP contribution in [0.25, 0.3) is 0 Å². The van der Waals surface area contributed by atoms with Crippen molar-refractivity contribution in [2.24, 2.45) is 0 Å². The minimum absolute atomic E-state index is 0.0522. The van der Waals surface area contributed by atoms with E-state index in [0.717, 1.165) is 19.4 Å². The van der Waals surface area contributed by atoms with Gasteiger partial charge >= 0.3 is 6.03 Å². The van der Waals surface area contributed by atoms with Gasteiger partial charge in [-0.1, -0.05) is 12.1 Å². The third kappa shape index (κ3) is 3.20. The Balaban J connectivity index is 1.86. The van der Waals surface area contributed by atoms with Crippen LogP contribution in [-0.4, -0.2) is 24.8 Å². The summed E-state index contributed by atoms with van der Waals surface area (Å²) in [5, 5.41) is 5.24. The zero-order valence-corrected chi connectivity index (χ0v) is 10.3. The number of urea groups is 1. The second kappa shape index (κ2) is 5.82. The van der Waals surface area contributed by atoms with Gasteiger partial charge < -0.3 is 15.4 Å². The monoisotopic (exact) mass is 252 g/mol. The highest BCUT2D eigenvalue weighted by atomic mass is 19.1. The first kappa shape index (κ1) is 12.8. The van der Waals surface area contributed by atoms with E-state index in [-0.39, 0.29) is 17.8 Å². The minimum atomic E-state index is -0.447. The molecule has 1 aromatic rings. The van der Waals surface area contributed by atoms with E-state index < -0.39 is 11.8 Å². The second-order valence-electron chi connectivity index (χ2n) is 4.42. The smallest absolute Gasteiger partial charge is 0.319 e. The molecular formula is C13H17FN2O2. The molecular weight excluding hydrogens is 235 g/mol. The van der Waals surface area contributed by atoms with E-state index in [0.29, 0.717) is 0 Å². The molecule has 1 saturated heterocycles. The number of hydrogen-bond donors (Lipinski definition) is 2. The molecule has 0 aliphatic carbocycles. The van der Waals surface area contributed by atoms with Crippen LogP contribution in [0.15, 0.2) is 24.3 Å². The molecule has 1 aromatic carbocycles. The number of rotatable bonds is 3. The normalized spacial score (nSPS) is 20.4. The summed E-state index contributed by atoms with van der Waals surface area (Å²) in [6.07, 6.45) is 2.02. The van der Waals surface area contributed by atoms with Crippen molar-refractivity contribution in [2.45, 2.75) is 31.9 Å². The van der Waals surface area contributed by atoms with E-state index in [2.05, 4.69) is 10.6 Å². The summed E-state index contributed by atoms with van der Waals surface area (Å²) in [6.45, 7) is 2.63. The molecule has 2 atom stereocenters. The van der Waals surface area contributed by atoms with Gasteiger partial charge in [-0.3, -0.25) is 0 Å². The van der Waals surface area contributed by atoms with Crippen LogP contribution in [0.5, 0.6) is 0 Å². The van der Waals surface area contributed by atoms with Gasteiger partial charge in [0.15, 0.2) is 0 Å². The van der Waals surface area contributed by atoms with Crippen molar-refractivity contribution < 1.29 is 13.9 Å². The van der Waals surface area contributed by atoms with Crippen LogP contribution in [0.1, 0.15) is 19.8 Å². The fraction of sp³-hybridized carbons (Fsp3) is 0.462. The molecule has 1 heterocycles. The van der Waals surface area contributed by atoms with Gasteiger partial charge in [0.05, 0.1) is 17.8 Å². The van der Waals surface area contributed by atoms with Crippen LogP contribution in [0, 0.1) is 5.82 Å². The van der Waals surface area contributed by atoms with Crippen LogP contribution < -0.4 is 10.6 Å². The second-order valence-corrected chi connectivity index (χ2v) is 4.42. The summed E-state index contributed by atoms with van der Waals surface area (Å²) in [5.74, 6) is -0.447. The molecule has 0 unspecified atom stereocenters. The summed E-state index contributed by atoms with van der Waals surface area (Å²) in [6, 6.07) is 5.57. The van der Waals surface area contributed by atoms with Gasteiger partial charge in [0.25, 0.3) is 0 Å². The Morgan fingerprint density at radius 3 is 2.94 bits per heavy atom. The molecule has 4 nitrogen and oxygen atoms in total. The molecule has 1 aliphatic rings. The van der Waals surface area contributed by atoms with Crippen molar-refractivity contribution in [2.75, 3.05) is 11.9 Å². The van der Waals surface area contributed by atoms with Crippen LogP contribution >= 0.6 is 0 Å². The van der Waals surface area contributed by atoms with Crippen LogP contribution in [0.2, 0.25) is 0 Å². The molecule has 0 saturated carbocycles. The first-order chi connectivity index (χ1) is 8.66. The summed E-state index contributed by atoms with van der Waals surface area (Å²) in [5.41, 5.74) is 0.176. The number of carbonyl (C=O) groups excluding carboxylic acids is 1. The summed E-state index contributed by atoms with van der Waals surface area (Å²) in [4.78, 5) is 11.7. The SMILES string of the molecule is C[C@H](NC(=O)Nc1ccccc1F)[C@H]1CCCO1. The third-order valence-electron chi connectivity index (χ3n) is 3.00. The molecule has 18 heavy (non-hydrogen) atoms. The highest BCUT2D eigenvalue weighted by Gasteiger charge is 2.23. The number of para-hydroxylation sites is 1. The molecule has 1 fully saturated rings. The summed E-state index contributed by atoms with van der Waals surface area (Å²) in [7, 11) is 0. The maximum atomic E-state index is 13.3. The number of halogens is 1. The first-order valence-electron chi connectivity index (χ1n) is 6.10. The highest BCUT2D eigenvalue weighted by Crippen LogP contribution is 2.16. The molecule has 2 N–H and O–H groups in total. The molecule has 98 valence electrons. The van der Waals surface area contributed by atoms with Crippen molar-refractivity contribution in [1.82, 2.24) is 5.32 Å². The molecule has 5 heteroatoms. The number of amides is 2. The van der Waals surface area contributed by atoms with Gasteiger partial charge in [0.2, 0.25) is 0 Å². The first-order valence-corrected chi connectivity index (χ1v) is 6.10. The lowest BCUT2D eigenvalue weighted by atomic mass is 10.1. The van der Waals surface area contributed by atoms with Crippen molar-refractivity contribution in [1.29, 1.82) is 0 Å². The van der Waals surface area contributed by atoms with Crippen molar-refractivity contribution in [3.63, 3.8) is 0 Å². The molecule has 2 rings (SSSR count). The Hall–Kier alpha value is -1.62. The third-order valence-corrected chi connectivity index (χ3v) is 3.00. The van der Waals surface area contributed by atoms with Gasteiger partial charge in [0.1, 0.15) is 5.82 Å². The fourth-order valence-corrected chi connectivity index (χ4v) is 2.02. The summed E-state index contributed by atoms with van der Waals surface area (Å²) >= 11 is 0. The number of carbonyl (C=O) groups is 1. The van der Waals surface area contributed by atoms with Gasteiger partial charge in [-0.05, 0) is 31.9 Å². The predicted octanol–water partition coefficient (Wildman–Crippen LogP) is 2.51. The number of ether oxygens (including phenoxy) is 1. The molecule has 0 bridgehead atoms. The van der Waals surface area contributed by atoms with Crippen molar-refractivity contribution in [3.05, 3.63) is 30.1 Å². The Morgan fingerprint density at radius 2 is 2.28 bits per heavy atom. The molecule has 0 aromatic heterocycles. The predicted molar refractivity (Wildman–Crippen MR) is 67.0 cm³/mol. The molecule has 2 amide bonds. The molecule has 0 radical (unpaired) electrons. The van der Waals surface area contributed by atoms with Crippen molar-refractivity contribution in [3.8, 4) is 0 Å². The topological polar surface area (TPSA) is 50.4 Å². The lowest BCUT2D eigenvalue weighted by Crippen LogP contribution is -2.43. The van der Waals surface area contributed by atoms with E-state index in [1.54, 1.807) is 12.1 Å². The van der Waals surface area contributed by atoms with Crippen molar-refractivity contribution >= 4 is 11.7 Å².